The van der Waals surface area contributed by atoms with Gasteiger partial charge in [0, 0.05) is 11.3 Å². The van der Waals surface area contributed by atoms with Crippen LogP contribution in [0, 0.1) is 13.8 Å². The van der Waals surface area contributed by atoms with E-state index < -0.39 is 0 Å². The molecule has 1 rings (SSSR count). The first-order chi connectivity index (χ1) is 7.19. The lowest BCUT2D eigenvalue weighted by molar-refractivity contribution is 0.254. The third-order valence-corrected chi connectivity index (χ3v) is 2.33. The molecule has 0 fully saturated rings. The summed E-state index contributed by atoms with van der Waals surface area (Å²) in [6.45, 7) is 6.67. The van der Waals surface area contributed by atoms with E-state index in [2.05, 4.69) is 11.9 Å². The number of pyridine rings is 1. The summed E-state index contributed by atoms with van der Waals surface area (Å²) in [4.78, 5) is 4.29. The minimum Gasteiger partial charge on any atom is -0.477 e. The van der Waals surface area contributed by atoms with Crippen molar-refractivity contribution in [2.75, 3.05) is 6.61 Å². The van der Waals surface area contributed by atoms with Crippen molar-refractivity contribution in [3.8, 4) is 5.88 Å². The third kappa shape index (κ3) is 3.20. The summed E-state index contributed by atoms with van der Waals surface area (Å²) >= 11 is 0. The Bertz CT molecular complexity index is 324. The van der Waals surface area contributed by atoms with Gasteiger partial charge in [0.05, 0.1) is 13.2 Å². The van der Waals surface area contributed by atoms with Gasteiger partial charge in [0.15, 0.2) is 0 Å². The van der Waals surface area contributed by atoms with Crippen LogP contribution in [-0.2, 0) is 6.61 Å². The molecule has 0 aliphatic heterocycles. The number of unbranched alkanes of at least 4 members (excludes halogenated alkanes) is 1. The lowest BCUT2D eigenvalue weighted by Crippen LogP contribution is -2.04. The summed E-state index contributed by atoms with van der Waals surface area (Å²) in [5.41, 5.74) is 2.77. The predicted molar refractivity (Wildman–Crippen MR) is 60.0 cm³/mol. The smallest absolute Gasteiger partial charge is 0.219 e. The summed E-state index contributed by atoms with van der Waals surface area (Å²) in [6.07, 6.45) is 2.11. The number of aromatic nitrogens is 1. The predicted octanol–water partition coefficient (Wildman–Crippen LogP) is 2.37. The van der Waals surface area contributed by atoms with E-state index in [4.69, 9.17) is 4.74 Å². The van der Waals surface area contributed by atoms with Crippen LogP contribution in [-0.4, -0.2) is 16.7 Å². The highest BCUT2D eigenvalue weighted by atomic mass is 16.5. The van der Waals surface area contributed by atoms with Gasteiger partial charge in [-0.25, -0.2) is 4.98 Å². The largest absolute Gasteiger partial charge is 0.477 e. The average molecular weight is 209 g/mol. The molecular weight excluding hydrogens is 190 g/mol. The van der Waals surface area contributed by atoms with E-state index >= 15 is 0 Å². The molecule has 3 nitrogen and oxygen atoms in total. The molecule has 0 radical (unpaired) electrons. The zero-order valence-corrected chi connectivity index (χ0v) is 9.71. The van der Waals surface area contributed by atoms with Crippen molar-refractivity contribution >= 4 is 0 Å². The monoisotopic (exact) mass is 209 g/mol. The van der Waals surface area contributed by atoms with E-state index in [0.29, 0.717) is 12.5 Å². The Morgan fingerprint density at radius 2 is 2.13 bits per heavy atom. The molecule has 0 atom stereocenters. The maximum absolute atomic E-state index is 9.23. The van der Waals surface area contributed by atoms with E-state index in [1.165, 1.54) is 0 Å². The highest BCUT2D eigenvalue weighted by Crippen LogP contribution is 2.20. The SMILES string of the molecule is CCCCOc1nc(C)cc(C)c1CO. The van der Waals surface area contributed by atoms with Crippen LogP contribution in [0.3, 0.4) is 0 Å². The van der Waals surface area contributed by atoms with Crippen LogP contribution in [0.2, 0.25) is 0 Å². The van der Waals surface area contributed by atoms with E-state index in [1.54, 1.807) is 0 Å². The average Bonchev–Trinajstić information content (AvgIpc) is 2.17. The van der Waals surface area contributed by atoms with Gasteiger partial charge in [0.25, 0.3) is 0 Å². The first-order valence-corrected chi connectivity index (χ1v) is 5.39. The number of ether oxygens (including phenoxy) is 1. The van der Waals surface area contributed by atoms with Crippen molar-refractivity contribution in [3.63, 3.8) is 0 Å². The minimum atomic E-state index is -0.0133. The normalized spacial score (nSPS) is 10.4. The summed E-state index contributed by atoms with van der Waals surface area (Å²) in [5, 5.41) is 9.23. The molecule has 1 aromatic heterocycles. The van der Waals surface area contributed by atoms with Crippen LogP contribution in [0.4, 0.5) is 0 Å². The Labute approximate surface area is 91.1 Å². The minimum absolute atomic E-state index is 0.0133. The molecule has 3 heteroatoms. The van der Waals surface area contributed by atoms with E-state index in [0.717, 1.165) is 29.7 Å². The van der Waals surface area contributed by atoms with Crippen LogP contribution in [0.25, 0.3) is 0 Å². The Hall–Kier alpha value is -1.09. The Morgan fingerprint density at radius 1 is 1.40 bits per heavy atom. The van der Waals surface area contributed by atoms with Crippen LogP contribution >= 0.6 is 0 Å². The van der Waals surface area contributed by atoms with Crippen molar-refractivity contribution in [1.29, 1.82) is 0 Å². The van der Waals surface area contributed by atoms with Gasteiger partial charge in [0.1, 0.15) is 0 Å². The number of nitrogens with zero attached hydrogens (tertiary/aromatic N) is 1. The number of aryl methyl sites for hydroxylation is 2. The van der Waals surface area contributed by atoms with E-state index in [9.17, 15) is 5.11 Å². The lowest BCUT2D eigenvalue weighted by Gasteiger charge is -2.11. The molecule has 1 heterocycles. The zero-order valence-electron chi connectivity index (χ0n) is 9.71. The quantitative estimate of drug-likeness (QED) is 0.757. The Balaban J connectivity index is 2.84. The van der Waals surface area contributed by atoms with Gasteiger partial charge in [0.2, 0.25) is 5.88 Å². The summed E-state index contributed by atoms with van der Waals surface area (Å²) in [6, 6.07) is 1.96. The van der Waals surface area contributed by atoms with Crippen LogP contribution in [0.15, 0.2) is 6.07 Å². The lowest BCUT2D eigenvalue weighted by atomic mass is 10.1. The fraction of sp³-hybridized carbons (Fsp3) is 0.583. The van der Waals surface area contributed by atoms with Crippen molar-refractivity contribution in [2.45, 2.75) is 40.2 Å². The van der Waals surface area contributed by atoms with Gasteiger partial charge >= 0.3 is 0 Å². The summed E-state index contributed by atoms with van der Waals surface area (Å²) in [7, 11) is 0. The molecule has 0 aromatic carbocycles. The van der Waals surface area contributed by atoms with Gasteiger partial charge in [-0.2, -0.15) is 0 Å². The van der Waals surface area contributed by atoms with Crippen LogP contribution < -0.4 is 4.74 Å². The maximum Gasteiger partial charge on any atom is 0.219 e. The zero-order chi connectivity index (χ0) is 11.3. The van der Waals surface area contributed by atoms with Gasteiger partial charge in [-0.05, 0) is 31.9 Å². The molecule has 84 valence electrons. The van der Waals surface area contributed by atoms with Crippen molar-refractivity contribution in [2.24, 2.45) is 0 Å². The van der Waals surface area contributed by atoms with Gasteiger partial charge in [-0.15, -0.1) is 0 Å². The van der Waals surface area contributed by atoms with Gasteiger partial charge in [-0.3, -0.25) is 0 Å². The van der Waals surface area contributed by atoms with Gasteiger partial charge < -0.3 is 9.84 Å². The van der Waals surface area contributed by atoms with Crippen LogP contribution in [0.5, 0.6) is 5.88 Å². The van der Waals surface area contributed by atoms with E-state index in [1.807, 2.05) is 19.9 Å². The molecule has 0 saturated carbocycles. The van der Waals surface area contributed by atoms with Crippen molar-refractivity contribution in [3.05, 3.63) is 22.9 Å². The fourth-order valence-corrected chi connectivity index (χ4v) is 1.45. The number of aliphatic hydroxyl groups excluding tert-OH is 1. The maximum atomic E-state index is 9.23. The second-order valence-electron chi connectivity index (χ2n) is 3.72. The second-order valence-corrected chi connectivity index (χ2v) is 3.72. The number of rotatable bonds is 5. The second kappa shape index (κ2) is 5.71. The van der Waals surface area contributed by atoms with Crippen LogP contribution in [0.1, 0.15) is 36.6 Å². The number of hydrogen-bond acceptors (Lipinski definition) is 3. The standard InChI is InChI=1S/C12H19NO2/c1-4-5-6-15-12-11(8-14)9(2)7-10(3)13-12/h7,14H,4-6,8H2,1-3H3. The molecule has 1 N–H and O–H groups in total. The molecule has 0 amide bonds. The molecule has 0 saturated heterocycles. The fourth-order valence-electron chi connectivity index (χ4n) is 1.45. The molecule has 0 aliphatic rings. The molecule has 0 unspecified atom stereocenters. The number of hydrogen-bond donors (Lipinski definition) is 1. The first kappa shape index (κ1) is 12.0. The highest BCUT2D eigenvalue weighted by Gasteiger charge is 2.08. The molecule has 0 bridgehead atoms. The van der Waals surface area contributed by atoms with Gasteiger partial charge in [-0.1, -0.05) is 13.3 Å². The van der Waals surface area contributed by atoms with Crippen molar-refractivity contribution < 1.29 is 9.84 Å². The summed E-state index contributed by atoms with van der Waals surface area (Å²) in [5.74, 6) is 0.587. The Morgan fingerprint density at radius 3 is 2.73 bits per heavy atom. The molecule has 0 spiro atoms. The third-order valence-electron chi connectivity index (χ3n) is 2.33. The number of aliphatic hydroxyl groups is 1. The topological polar surface area (TPSA) is 42.4 Å². The molecule has 0 aliphatic carbocycles. The Kier molecular flexibility index (Phi) is 4.56. The first-order valence-electron chi connectivity index (χ1n) is 5.39. The summed E-state index contributed by atoms with van der Waals surface area (Å²) < 4.78 is 5.56. The molecule has 15 heavy (non-hydrogen) atoms. The van der Waals surface area contributed by atoms with Crippen molar-refractivity contribution in [1.82, 2.24) is 4.98 Å². The molecular formula is C12H19NO2. The molecule has 1 aromatic rings. The van der Waals surface area contributed by atoms with E-state index in [-0.39, 0.29) is 6.61 Å². The highest BCUT2D eigenvalue weighted by molar-refractivity contribution is 5.35.